The van der Waals surface area contributed by atoms with Gasteiger partial charge in [-0.25, -0.2) is 0 Å². The molecule has 0 spiro atoms. The smallest absolute Gasteiger partial charge is 0.0679 e. The van der Waals surface area contributed by atoms with Crippen LogP contribution in [0.5, 0.6) is 0 Å². The maximum absolute atomic E-state index is 9.41. The number of aliphatic hydroxyl groups excluding tert-OH is 1. The number of aliphatic hydroxyl groups is 1. The van der Waals surface area contributed by atoms with Crippen molar-refractivity contribution < 1.29 is 5.11 Å². The average Bonchev–Trinajstić information content (AvgIpc) is 1.84. The molecule has 0 bridgehead atoms. The largest absolute Gasteiger partial charge is 0.392 e. The van der Waals surface area contributed by atoms with Crippen molar-refractivity contribution in [3.05, 3.63) is 0 Å². The predicted octanol–water partition coefficient (Wildman–Crippen LogP) is 0.284. The minimum Gasteiger partial charge on any atom is -0.392 e. The summed E-state index contributed by atoms with van der Waals surface area (Å²) < 4.78 is 0. The van der Waals surface area contributed by atoms with Gasteiger partial charge in [-0.3, -0.25) is 0 Å². The van der Waals surface area contributed by atoms with E-state index in [1.807, 2.05) is 7.05 Å². The van der Waals surface area contributed by atoms with Crippen LogP contribution in [0.15, 0.2) is 0 Å². The Morgan fingerprint density at radius 3 is 2.33 bits per heavy atom. The Bertz CT molecular complexity index is 107. The first-order chi connectivity index (χ1) is 5.56. The zero-order chi connectivity index (χ0) is 9.56. The van der Waals surface area contributed by atoms with E-state index in [4.69, 9.17) is 5.73 Å². The summed E-state index contributed by atoms with van der Waals surface area (Å²) in [5.41, 5.74) is 5.33. The number of hydrogen-bond donors (Lipinski definition) is 2. The fourth-order valence-electron chi connectivity index (χ4n) is 1.34. The van der Waals surface area contributed by atoms with Crippen LogP contribution in [-0.4, -0.2) is 42.8 Å². The van der Waals surface area contributed by atoms with Gasteiger partial charge in [0, 0.05) is 13.1 Å². The van der Waals surface area contributed by atoms with E-state index in [1.165, 1.54) is 0 Å². The summed E-state index contributed by atoms with van der Waals surface area (Å²) in [6.45, 7) is 6.67. The average molecular weight is 174 g/mol. The molecule has 74 valence electrons. The van der Waals surface area contributed by atoms with Gasteiger partial charge in [-0.2, -0.15) is 0 Å². The van der Waals surface area contributed by atoms with Crippen molar-refractivity contribution in [1.29, 1.82) is 0 Å². The van der Waals surface area contributed by atoms with E-state index < -0.39 is 0 Å². The summed E-state index contributed by atoms with van der Waals surface area (Å²) in [5, 5.41) is 9.41. The maximum Gasteiger partial charge on any atom is 0.0679 e. The Balaban J connectivity index is 3.46. The summed E-state index contributed by atoms with van der Waals surface area (Å²) in [6, 6.07) is 0. The SMILES string of the molecule is CC(C)CN(C)CC(O)CCN. The van der Waals surface area contributed by atoms with Crippen LogP contribution in [0.2, 0.25) is 0 Å². The molecule has 3 N–H and O–H groups in total. The van der Waals surface area contributed by atoms with Crippen LogP contribution in [-0.2, 0) is 0 Å². The molecule has 12 heavy (non-hydrogen) atoms. The first-order valence-corrected chi connectivity index (χ1v) is 4.63. The van der Waals surface area contributed by atoms with Crippen LogP contribution in [0.3, 0.4) is 0 Å². The molecule has 0 saturated carbocycles. The summed E-state index contributed by atoms with van der Waals surface area (Å²) >= 11 is 0. The molecule has 0 rings (SSSR count). The third kappa shape index (κ3) is 6.58. The number of nitrogens with zero attached hydrogens (tertiary/aromatic N) is 1. The lowest BCUT2D eigenvalue weighted by Crippen LogP contribution is -2.32. The topological polar surface area (TPSA) is 49.5 Å². The van der Waals surface area contributed by atoms with Gasteiger partial charge < -0.3 is 15.7 Å². The second-order valence-corrected chi connectivity index (χ2v) is 3.85. The summed E-state index contributed by atoms with van der Waals surface area (Å²) in [5.74, 6) is 0.653. The maximum atomic E-state index is 9.41. The molecule has 0 aromatic rings. The minimum absolute atomic E-state index is 0.265. The lowest BCUT2D eigenvalue weighted by molar-refractivity contribution is 0.115. The molecule has 3 heteroatoms. The first-order valence-electron chi connectivity index (χ1n) is 4.63. The molecule has 0 aromatic heterocycles. The third-order valence-corrected chi connectivity index (χ3v) is 1.70. The molecule has 3 nitrogen and oxygen atoms in total. The summed E-state index contributed by atoms with van der Waals surface area (Å²) in [6.07, 6.45) is 0.432. The van der Waals surface area contributed by atoms with Gasteiger partial charge in [-0.05, 0) is 25.9 Å². The Morgan fingerprint density at radius 2 is 1.92 bits per heavy atom. The molecule has 0 aliphatic rings. The highest BCUT2D eigenvalue weighted by molar-refractivity contribution is 4.62. The molecule has 0 aromatic carbocycles. The molecule has 1 atom stereocenters. The van der Waals surface area contributed by atoms with Gasteiger partial charge in [0.2, 0.25) is 0 Å². The van der Waals surface area contributed by atoms with E-state index in [0.29, 0.717) is 18.9 Å². The Kier molecular flexibility index (Phi) is 6.34. The van der Waals surface area contributed by atoms with Gasteiger partial charge in [0.25, 0.3) is 0 Å². The normalized spacial score (nSPS) is 14.2. The number of rotatable bonds is 6. The molecule has 1 unspecified atom stereocenters. The monoisotopic (exact) mass is 174 g/mol. The van der Waals surface area contributed by atoms with Crippen molar-refractivity contribution in [1.82, 2.24) is 4.90 Å². The van der Waals surface area contributed by atoms with Crippen molar-refractivity contribution >= 4 is 0 Å². The van der Waals surface area contributed by atoms with Crippen molar-refractivity contribution in [2.24, 2.45) is 11.7 Å². The van der Waals surface area contributed by atoms with E-state index in [-0.39, 0.29) is 6.10 Å². The second-order valence-electron chi connectivity index (χ2n) is 3.85. The molecule has 0 fully saturated rings. The molecular formula is C9H22N2O. The number of nitrogens with two attached hydrogens (primary N) is 1. The Labute approximate surface area is 75.6 Å². The zero-order valence-corrected chi connectivity index (χ0v) is 8.45. The highest BCUT2D eigenvalue weighted by Crippen LogP contribution is 1.98. The van der Waals surface area contributed by atoms with Gasteiger partial charge in [-0.15, -0.1) is 0 Å². The summed E-state index contributed by atoms with van der Waals surface area (Å²) in [7, 11) is 2.03. The third-order valence-electron chi connectivity index (χ3n) is 1.70. The highest BCUT2D eigenvalue weighted by atomic mass is 16.3. The van der Waals surface area contributed by atoms with Crippen LogP contribution in [0, 0.1) is 5.92 Å². The minimum atomic E-state index is -0.265. The highest BCUT2D eigenvalue weighted by Gasteiger charge is 2.07. The van der Waals surface area contributed by atoms with E-state index in [1.54, 1.807) is 0 Å². The van der Waals surface area contributed by atoms with Gasteiger partial charge in [0.15, 0.2) is 0 Å². The lowest BCUT2D eigenvalue weighted by atomic mass is 10.2. The number of likely N-dealkylation sites (N-methyl/N-ethyl adjacent to an activating group) is 1. The van der Waals surface area contributed by atoms with Crippen LogP contribution >= 0.6 is 0 Å². The van der Waals surface area contributed by atoms with Crippen molar-refractivity contribution in [3.8, 4) is 0 Å². The molecular weight excluding hydrogens is 152 g/mol. The van der Waals surface area contributed by atoms with Gasteiger partial charge in [0.05, 0.1) is 6.10 Å². The van der Waals surface area contributed by atoms with E-state index in [2.05, 4.69) is 18.7 Å². The molecule has 0 aliphatic carbocycles. The lowest BCUT2D eigenvalue weighted by Gasteiger charge is -2.21. The number of hydrogen-bond acceptors (Lipinski definition) is 3. The fraction of sp³-hybridized carbons (Fsp3) is 1.00. The molecule has 0 heterocycles. The van der Waals surface area contributed by atoms with Gasteiger partial charge in [-0.1, -0.05) is 13.8 Å². The van der Waals surface area contributed by atoms with Crippen LogP contribution < -0.4 is 5.73 Å². The molecule has 0 radical (unpaired) electrons. The Morgan fingerprint density at radius 1 is 1.33 bits per heavy atom. The van der Waals surface area contributed by atoms with E-state index >= 15 is 0 Å². The Hall–Kier alpha value is -0.120. The van der Waals surface area contributed by atoms with Gasteiger partial charge >= 0.3 is 0 Å². The quantitative estimate of drug-likeness (QED) is 0.608. The van der Waals surface area contributed by atoms with Crippen LogP contribution in [0.4, 0.5) is 0 Å². The first kappa shape index (κ1) is 11.9. The van der Waals surface area contributed by atoms with Crippen molar-refractivity contribution in [3.63, 3.8) is 0 Å². The zero-order valence-electron chi connectivity index (χ0n) is 8.45. The predicted molar refractivity (Wildman–Crippen MR) is 52.0 cm³/mol. The van der Waals surface area contributed by atoms with Gasteiger partial charge in [0.1, 0.15) is 0 Å². The molecule has 0 amide bonds. The van der Waals surface area contributed by atoms with Crippen molar-refractivity contribution in [2.75, 3.05) is 26.7 Å². The molecule has 0 saturated heterocycles. The van der Waals surface area contributed by atoms with E-state index in [9.17, 15) is 5.11 Å². The fourth-order valence-corrected chi connectivity index (χ4v) is 1.34. The van der Waals surface area contributed by atoms with E-state index in [0.717, 1.165) is 13.1 Å². The van der Waals surface area contributed by atoms with Crippen LogP contribution in [0.1, 0.15) is 20.3 Å². The standard InChI is InChI=1S/C9H22N2O/c1-8(2)6-11(3)7-9(12)4-5-10/h8-9,12H,4-7,10H2,1-3H3. The second kappa shape index (κ2) is 6.40. The van der Waals surface area contributed by atoms with Crippen molar-refractivity contribution in [2.45, 2.75) is 26.4 Å². The molecule has 0 aliphatic heterocycles. The summed E-state index contributed by atoms with van der Waals surface area (Å²) in [4.78, 5) is 2.14. The van der Waals surface area contributed by atoms with Crippen LogP contribution in [0.25, 0.3) is 0 Å².